The Hall–Kier alpha value is -0.120. The van der Waals surface area contributed by atoms with Crippen molar-refractivity contribution in [3.63, 3.8) is 0 Å². The van der Waals surface area contributed by atoms with Gasteiger partial charge < -0.3 is 5.32 Å². The van der Waals surface area contributed by atoms with E-state index in [4.69, 9.17) is 0 Å². The number of nitrogens with one attached hydrogen (secondary N) is 1. The standard InChI is InChI=1S/C9H12FNS.ClH/c1-11-7-3-2-6-5-12-9(10)8(6)4-7;/h5,7,11H,2-4H2,1H3;1H. The molecule has 1 nitrogen and oxygen atoms in total. The van der Waals surface area contributed by atoms with Gasteiger partial charge in [-0.3, -0.25) is 0 Å². The molecule has 0 amide bonds. The number of halogens is 2. The van der Waals surface area contributed by atoms with E-state index in [0.29, 0.717) is 6.04 Å². The average molecular weight is 222 g/mol. The summed E-state index contributed by atoms with van der Waals surface area (Å²) in [6.45, 7) is 0. The molecular formula is C9H13ClFNS. The van der Waals surface area contributed by atoms with E-state index in [1.165, 1.54) is 16.9 Å². The molecule has 0 saturated carbocycles. The smallest absolute Gasteiger partial charge is 0.179 e. The van der Waals surface area contributed by atoms with Crippen LogP contribution in [0.2, 0.25) is 0 Å². The van der Waals surface area contributed by atoms with Crippen molar-refractivity contribution in [3.8, 4) is 0 Å². The van der Waals surface area contributed by atoms with Gasteiger partial charge in [-0.15, -0.1) is 23.7 Å². The molecule has 1 aromatic heterocycles. The van der Waals surface area contributed by atoms with E-state index in [2.05, 4.69) is 5.32 Å². The van der Waals surface area contributed by atoms with Gasteiger partial charge in [0.1, 0.15) is 0 Å². The molecule has 2 rings (SSSR count). The molecule has 0 aliphatic heterocycles. The SMILES string of the molecule is CNC1CCc2csc(F)c2C1.Cl. The summed E-state index contributed by atoms with van der Waals surface area (Å²) in [5, 5.41) is 5.17. The number of thiophene rings is 1. The average Bonchev–Trinajstić information content (AvgIpc) is 2.47. The quantitative estimate of drug-likeness (QED) is 0.768. The van der Waals surface area contributed by atoms with Crippen molar-refractivity contribution in [3.05, 3.63) is 21.6 Å². The molecule has 0 fully saturated rings. The van der Waals surface area contributed by atoms with Crippen LogP contribution in [0.5, 0.6) is 0 Å². The normalized spacial score (nSPS) is 20.6. The molecule has 0 saturated heterocycles. The third-order valence-corrected chi connectivity index (χ3v) is 3.41. The first kappa shape index (κ1) is 11.0. The van der Waals surface area contributed by atoms with Crippen LogP contribution in [0, 0.1) is 5.13 Å². The van der Waals surface area contributed by atoms with Gasteiger partial charge in [-0.25, -0.2) is 0 Å². The molecule has 1 heterocycles. The van der Waals surface area contributed by atoms with Crippen LogP contribution in [-0.2, 0) is 12.8 Å². The summed E-state index contributed by atoms with van der Waals surface area (Å²) in [7, 11) is 1.94. The topological polar surface area (TPSA) is 12.0 Å². The molecule has 0 spiro atoms. The summed E-state index contributed by atoms with van der Waals surface area (Å²) < 4.78 is 13.1. The number of aryl methyl sites for hydroxylation is 1. The van der Waals surface area contributed by atoms with Crippen molar-refractivity contribution in [2.45, 2.75) is 25.3 Å². The van der Waals surface area contributed by atoms with Gasteiger partial charge in [-0.1, -0.05) is 0 Å². The molecule has 4 heteroatoms. The summed E-state index contributed by atoms with van der Waals surface area (Å²) >= 11 is 1.24. The lowest BCUT2D eigenvalue weighted by Gasteiger charge is -2.21. The Morgan fingerprint density at radius 2 is 2.38 bits per heavy atom. The van der Waals surface area contributed by atoms with Gasteiger partial charge in [0.15, 0.2) is 5.13 Å². The van der Waals surface area contributed by atoms with Gasteiger partial charge in [0.25, 0.3) is 0 Å². The summed E-state index contributed by atoms with van der Waals surface area (Å²) in [5.41, 5.74) is 2.18. The molecule has 1 unspecified atom stereocenters. The van der Waals surface area contributed by atoms with Crippen molar-refractivity contribution in [2.75, 3.05) is 7.05 Å². The van der Waals surface area contributed by atoms with E-state index in [0.717, 1.165) is 24.8 Å². The molecule has 1 N–H and O–H groups in total. The molecule has 74 valence electrons. The summed E-state index contributed by atoms with van der Waals surface area (Å²) in [6.07, 6.45) is 3.03. The Bertz CT molecular complexity index is 287. The van der Waals surface area contributed by atoms with Gasteiger partial charge in [0.2, 0.25) is 0 Å². The van der Waals surface area contributed by atoms with E-state index < -0.39 is 0 Å². The van der Waals surface area contributed by atoms with E-state index >= 15 is 0 Å². The van der Waals surface area contributed by atoms with Crippen LogP contribution >= 0.6 is 23.7 Å². The van der Waals surface area contributed by atoms with Crippen molar-refractivity contribution in [2.24, 2.45) is 0 Å². The fraction of sp³-hybridized carbons (Fsp3) is 0.556. The first-order valence-electron chi connectivity index (χ1n) is 4.23. The predicted octanol–water partition coefficient (Wildman–Crippen LogP) is 2.39. The largest absolute Gasteiger partial charge is 0.317 e. The highest BCUT2D eigenvalue weighted by Gasteiger charge is 2.21. The van der Waals surface area contributed by atoms with Crippen LogP contribution in [0.1, 0.15) is 17.5 Å². The van der Waals surface area contributed by atoms with Crippen LogP contribution in [0.4, 0.5) is 4.39 Å². The molecule has 1 aliphatic rings. The van der Waals surface area contributed by atoms with Crippen molar-refractivity contribution in [1.82, 2.24) is 5.32 Å². The lowest BCUT2D eigenvalue weighted by atomic mass is 9.91. The third-order valence-electron chi connectivity index (χ3n) is 2.55. The highest BCUT2D eigenvalue weighted by molar-refractivity contribution is 7.08. The molecule has 1 aliphatic carbocycles. The van der Waals surface area contributed by atoms with Crippen molar-refractivity contribution in [1.29, 1.82) is 0 Å². The number of likely N-dealkylation sites (N-methyl/N-ethyl adjacent to an activating group) is 1. The Labute approximate surface area is 87.8 Å². The lowest BCUT2D eigenvalue weighted by molar-refractivity contribution is 0.484. The van der Waals surface area contributed by atoms with Gasteiger partial charge in [-0.05, 0) is 37.3 Å². The number of hydrogen-bond donors (Lipinski definition) is 1. The van der Waals surface area contributed by atoms with E-state index in [-0.39, 0.29) is 17.5 Å². The zero-order valence-corrected chi connectivity index (χ0v) is 9.10. The highest BCUT2D eigenvalue weighted by Crippen LogP contribution is 2.28. The minimum absolute atomic E-state index is 0. The maximum atomic E-state index is 13.1. The Kier molecular flexibility index (Phi) is 3.71. The predicted molar refractivity (Wildman–Crippen MR) is 56.4 cm³/mol. The van der Waals surface area contributed by atoms with Gasteiger partial charge in [0.05, 0.1) is 0 Å². The maximum Gasteiger partial charge on any atom is 0.179 e. The molecule has 0 aromatic carbocycles. The van der Waals surface area contributed by atoms with Crippen LogP contribution in [0.3, 0.4) is 0 Å². The van der Waals surface area contributed by atoms with Crippen LogP contribution in [-0.4, -0.2) is 13.1 Å². The van der Waals surface area contributed by atoms with Gasteiger partial charge in [-0.2, -0.15) is 4.39 Å². The summed E-state index contributed by atoms with van der Waals surface area (Å²) in [5.74, 6) is 0. The number of fused-ring (bicyclic) bond motifs is 1. The van der Waals surface area contributed by atoms with Gasteiger partial charge >= 0.3 is 0 Å². The molecule has 1 aromatic rings. The fourth-order valence-electron chi connectivity index (χ4n) is 1.74. The number of rotatable bonds is 1. The first-order chi connectivity index (χ1) is 5.81. The van der Waals surface area contributed by atoms with Gasteiger partial charge in [0, 0.05) is 11.6 Å². The Morgan fingerprint density at radius 1 is 1.62 bits per heavy atom. The Morgan fingerprint density at radius 3 is 3.08 bits per heavy atom. The molecule has 1 atom stereocenters. The van der Waals surface area contributed by atoms with E-state index in [1.54, 1.807) is 0 Å². The summed E-state index contributed by atoms with van der Waals surface area (Å²) in [4.78, 5) is 0. The molecule has 0 radical (unpaired) electrons. The third kappa shape index (κ3) is 2.03. The van der Waals surface area contributed by atoms with E-state index in [1.807, 2.05) is 12.4 Å². The van der Waals surface area contributed by atoms with Crippen LogP contribution in [0.25, 0.3) is 0 Å². The second-order valence-electron chi connectivity index (χ2n) is 3.24. The minimum atomic E-state index is 0. The minimum Gasteiger partial charge on any atom is -0.317 e. The highest BCUT2D eigenvalue weighted by atomic mass is 35.5. The second kappa shape index (κ2) is 4.40. The summed E-state index contributed by atoms with van der Waals surface area (Å²) in [6, 6.07) is 0.474. The monoisotopic (exact) mass is 221 g/mol. The first-order valence-corrected chi connectivity index (χ1v) is 5.11. The molecule has 13 heavy (non-hydrogen) atoms. The van der Waals surface area contributed by atoms with Crippen LogP contribution < -0.4 is 5.32 Å². The number of hydrogen-bond acceptors (Lipinski definition) is 2. The zero-order valence-electron chi connectivity index (χ0n) is 7.47. The van der Waals surface area contributed by atoms with Crippen LogP contribution in [0.15, 0.2) is 5.38 Å². The zero-order chi connectivity index (χ0) is 8.55. The molecular weight excluding hydrogens is 209 g/mol. The van der Waals surface area contributed by atoms with Crippen molar-refractivity contribution >= 4 is 23.7 Å². The molecule has 0 bridgehead atoms. The fourth-order valence-corrected chi connectivity index (χ4v) is 2.60. The lowest BCUT2D eigenvalue weighted by Crippen LogP contribution is -2.31. The van der Waals surface area contributed by atoms with Crippen molar-refractivity contribution < 1.29 is 4.39 Å². The van der Waals surface area contributed by atoms with E-state index in [9.17, 15) is 4.39 Å². The maximum absolute atomic E-state index is 13.1. The second-order valence-corrected chi connectivity index (χ2v) is 4.07. The Balaban J connectivity index is 0.000000845.